The zero-order chi connectivity index (χ0) is 21.4. The predicted octanol–water partition coefficient (Wildman–Crippen LogP) is 1.27. The van der Waals surface area contributed by atoms with E-state index in [1.165, 1.54) is 18.9 Å². The van der Waals surface area contributed by atoms with E-state index in [9.17, 15) is 20.1 Å². The first-order valence-corrected chi connectivity index (χ1v) is 10.7. The first-order chi connectivity index (χ1) is 13.7. The Kier molecular flexibility index (Phi) is 9.19. The molecule has 0 bridgehead atoms. The summed E-state index contributed by atoms with van der Waals surface area (Å²) in [5.74, 6) is 1.11. The van der Waals surface area contributed by atoms with Crippen LogP contribution >= 0.6 is 11.8 Å². The summed E-state index contributed by atoms with van der Waals surface area (Å²) in [6.07, 6.45) is -5.25. The van der Waals surface area contributed by atoms with E-state index in [0.29, 0.717) is 17.9 Å². The number of alkyl carbamates (subject to hydrolysis) is 1. The number of methoxy groups -OCH3 is 1. The number of ether oxygens (including phenoxy) is 3. The highest BCUT2D eigenvalue weighted by Crippen LogP contribution is 2.25. The van der Waals surface area contributed by atoms with Crippen LogP contribution in [0.15, 0.2) is 30.3 Å². The third kappa shape index (κ3) is 7.44. The van der Waals surface area contributed by atoms with E-state index in [4.69, 9.17) is 14.2 Å². The second-order valence-electron chi connectivity index (χ2n) is 7.65. The second-order valence-corrected chi connectivity index (χ2v) is 8.80. The maximum absolute atomic E-state index is 12.0. The molecular weight excluding hydrogens is 398 g/mol. The number of carbonyl (C=O) groups excluding carboxylic acids is 1. The van der Waals surface area contributed by atoms with Crippen LogP contribution in [0.3, 0.4) is 0 Å². The molecule has 1 heterocycles. The third-order valence-corrected chi connectivity index (χ3v) is 5.76. The van der Waals surface area contributed by atoms with Crippen LogP contribution in [0.5, 0.6) is 0 Å². The van der Waals surface area contributed by atoms with Crippen LogP contribution in [0.2, 0.25) is 0 Å². The average Bonchev–Trinajstić information content (AvgIpc) is 2.70. The average molecular weight is 430 g/mol. The second kappa shape index (κ2) is 11.1. The zero-order valence-corrected chi connectivity index (χ0v) is 17.8. The van der Waals surface area contributed by atoms with Gasteiger partial charge in [-0.1, -0.05) is 30.3 Å². The van der Waals surface area contributed by atoms with Crippen molar-refractivity contribution in [2.75, 3.05) is 18.6 Å². The van der Waals surface area contributed by atoms with E-state index >= 15 is 0 Å². The molecule has 1 fully saturated rings. The minimum absolute atomic E-state index is 0.212. The number of rotatable bonds is 9. The quantitative estimate of drug-likeness (QED) is 0.434. The molecule has 1 aliphatic heterocycles. The lowest BCUT2D eigenvalue weighted by atomic mass is 10.00. The third-order valence-electron chi connectivity index (χ3n) is 4.71. The number of benzene rings is 1. The van der Waals surface area contributed by atoms with E-state index in [2.05, 4.69) is 5.32 Å². The predicted molar refractivity (Wildman–Crippen MR) is 109 cm³/mol. The number of nitrogens with one attached hydrogen (secondary N) is 1. The summed E-state index contributed by atoms with van der Waals surface area (Å²) in [6, 6.07) is 9.46. The number of amides is 1. The number of aliphatic hydroxyl groups is 3. The molecule has 1 aromatic rings. The molecule has 1 saturated heterocycles. The molecule has 5 atom stereocenters. The Morgan fingerprint density at radius 2 is 1.86 bits per heavy atom. The van der Waals surface area contributed by atoms with Crippen LogP contribution in [0.25, 0.3) is 0 Å². The van der Waals surface area contributed by atoms with Crippen molar-refractivity contribution in [2.24, 2.45) is 0 Å². The van der Waals surface area contributed by atoms with Crippen molar-refractivity contribution < 1.29 is 34.3 Å². The van der Waals surface area contributed by atoms with Gasteiger partial charge in [0, 0.05) is 18.4 Å². The fourth-order valence-electron chi connectivity index (χ4n) is 2.87. The molecule has 0 aliphatic carbocycles. The molecule has 1 aliphatic rings. The Morgan fingerprint density at radius 1 is 1.17 bits per heavy atom. The lowest BCUT2D eigenvalue weighted by Crippen LogP contribution is -2.58. The summed E-state index contributed by atoms with van der Waals surface area (Å²) in [5.41, 5.74) is 0.445. The SMILES string of the molecule is COC1OC(CSCCC(C)(C)NC(=O)OCc2ccccc2)C(O)C(O)C1O. The Hall–Kier alpha value is -1.36. The fourth-order valence-corrected chi connectivity index (χ4v) is 4.20. The van der Waals surface area contributed by atoms with E-state index in [0.717, 1.165) is 5.56 Å². The van der Waals surface area contributed by atoms with Gasteiger partial charge in [0.1, 0.15) is 24.9 Å². The van der Waals surface area contributed by atoms with Crippen molar-refractivity contribution in [1.29, 1.82) is 0 Å². The number of hydrogen-bond donors (Lipinski definition) is 4. The van der Waals surface area contributed by atoms with E-state index in [1.54, 1.807) is 0 Å². The molecule has 4 N–H and O–H groups in total. The molecule has 2 rings (SSSR count). The van der Waals surface area contributed by atoms with E-state index < -0.39 is 42.3 Å². The van der Waals surface area contributed by atoms with Gasteiger partial charge >= 0.3 is 6.09 Å². The molecule has 1 amide bonds. The number of thioether (sulfide) groups is 1. The highest BCUT2D eigenvalue weighted by molar-refractivity contribution is 7.99. The Balaban J connectivity index is 1.69. The Morgan fingerprint density at radius 3 is 2.52 bits per heavy atom. The lowest BCUT2D eigenvalue weighted by molar-refractivity contribution is -0.284. The summed E-state index contributed by atoms with van der Waals surface area (Å²) >= 11 is 1.52. The largest absolute Gasteiger partial charge is 0.445 e. The van der Waals surface area contributed by atoms with Crippen molar-refractivity contribution in [3.8, 4) is 0 Å². The van der Waals surface area contributed by atoms with Gasteiger partial charge in [-0.25, -0.2) is 4.79 Å². The highest BCUT2D eigenvalue weighted by Gasteiger charge is 2.43. The van der Waals surface area contributed by atoms with Gasteiger partial charge in [-0.3, -0.25) is 0 Å². The number of carbonyl (C=O) groups is 1. The summed E-state index contributed by atoms with van der Waals surface area (Å²) in [5, 5.41) is 32.6. The van der Waals surface area contributed by atoms with Crippen LogP contribution < -0.4 is 5.32 Å². The topological polar surface area (TPSA) is 117 Å². The van der Waals surface area contributed by atoms with Crippen LogP contribution in [0.1, 0.15) is 25.8 Å². The van der Waals surface area contributed by atoms with Crippen molar-refractivity contribution in [2.45, 2.75) is 63.1 Å². The molecule has 0 saturated carbocycles. The van der Waals surface area contributed by atoms with Crippen molar-refractivity contribution >= 4 is 17.9 Å². The van der Waals surface area contributed by atoms with Crippen molar-refractivity contribution in [1.82, 2.24) is 5.32 Å². The van der Waals surface area contributed by atoms with Gasteiger partial charge in [0.05, 0.1) is 6.10 Å². The Bertz CT molecular complexity index is 629. The monoisotopic (exact) mass is 429 g/mol. The minimum Gasteiger partial charge on any atom is -0.445 e. The summed E-state index contributed by atoms with van der Waals surface area (Å²) in [6.45, 7) is 4.03. The van der Waals surface area contributed by atoms with Gasteiger partial charge in [0.25, 0.3) is 0 Å². The van der Waals surface area contributed by atoms with Gasteiger partial charge in [-0.15, -0.1) is 0 Å². The summed E-state index contributed by atoms with van der Waals surface area (Å²) in [7, 11) is 1.37. The van der Waals surface area contributed by atoms with Crippen LogP contribution in [0.4, 0.5) is 4.79 Å². The molecule has 0 radical (unpaired) electrons. The normalized spacial score (nSPS) is 27.4. The van der Waals surface area contributed by atoms with E-state index in [1.807, 2.05) is 44.2 Å². The van der Waals surface area contributed by atoms with Crippen LogP contribution in [-0.2, 0) is 20.8 Å². The van der Waals surface area contributed by atoms with Crippen LogP contribution in [0, 0.1) is 0 Å². The molecule has 29 heavy (non-hydrogen) atoms. The molecular formula is C20H31NO7S. The van der Waals surface area contributed by atoms with Gasteiger partial charge in [0.2, 0.25) is 0 Å². The van der Waals surface area contributed by atoms with Crippen molar-refractivity contribution in [3.05, 3.63) is 35.9 Å². The lowest BCUT2D eigenvalue weighted by Gasteiger charge is -2.39. The summed E-state index contributed by atoms with van der Waals surface area (Å²) in [4.78, 5) is 12.0. The first kappa shape index (κ1) is 23.9. The summed E-state index contributed by atoms with van der Waals surface area (Å²) < 4.78 is 15.8. The maximum Gasteiger partial charge on any atom is 0.407 e. The van der Waals surface area contributed by atoms with Gasteiger partial charge in [-0.05, 0) is 31.6 Å². The number of aliphatic hydroxyl groups excluding tert-OH is 3. The smallest absolute Gasteiger partial charge is 0.407 e. The molecule has 8 nitrogen and oxygen atoms in total. The molecule has 9 heteroatoms. The molecule has 5 unspecified atom stereocenters. The van der Waals surface area contributed by atoms with Gasteiger partial charge < -0.3 is 34.8 Å². The highest BCUT2D eigenvalue weighted by atomic mass is 32.2. The van der Waals surface area contributed by atoms with E-state index in [-0.39, 0.29) is 6.61 Å². The van der Waals surface area contributed by atoms with Crippen molar-refractivity contribution in [3.63, 3.8) is 0 Å². The Labute approximate surface area is 175 Å². The van der Waals surface area contributed by atoms with Crippen LogP contribution in [-0.4, -0.2) is 76.3 Å². The molecule has 164 valence electrons. The molecule has 0 aromatic heterocycles. The van der Waals surface area contributed by atoms with Gasteiger partial charge in [-0.2, -0.15) is 11.8 Å². The first-order valence-electron chi connectivity index (χ1n) is 9.52. The molecule has 0 spiro atoms. The molecule has 1 aromatic carbocycles. The number of hydrogen-bond acceptors (Lipinski definition) is 8. The maximum atomic E-state index is 12.0. The minimum atomic E-state index is -1.32. The zero-order valence-electron chi connectivity index (χ0n) is 17.0. The van der Waals surface area contributed by atoms with Gasteiger partial charge in [0.15, 0.2) is 6.29 Å². The fraction of sp³-hybridized carbons (Fsp3) is 0.650. The standard InChI is InChI=1S/C20H31NO7S/c1-20(2,21-19(25)27-11-13-7-5-4-6-8-13)9-10-29-12-14-15(22)16(23)17(24)18(26-3)28-14/h4-8,14-18,22-24H,9-12H2,1-3H3,(H,21,25).